The van der Waals surface area contributed by atoms with Crippen LogP contribution in [0.2, 0.25) is 0 Å². The molecule has 0 atom stereocenters. The molecule has 0 spiro atoms. The standard InChI is InChI=1S/C21H24F2N2O2/c1-27-15-21(26)25(19-7-5-17(22)6-8-19)20-9-11-24(12-10-20)14-16-3-2-4-18(23)13-16/h2-8,13,20H,9-12,14-15H2,1H3. The maximum absolute atomic E-state index is 13.4. The number of rotatable bonds is 6. The average Bonchev–Trinajstić information content (AvgIpc) is 2.65. The number of carbonyl (C=O) groups is 1. The summed E-state index contributed by atoms with van der Waals surface area (Å²) >= 11 is 0. The smallest absolute Gasteiger partial charge is 0.253 e. The molecule has 1 fully saturated rings. The molecule has 1 saturated heterocycles. The van der Waals surface area contributed by atoms with Crippen molar-refractivity contribution in [2.75, 3.05) is 31.7 Å². The van der Waals surface area contributed by atoms with E-state index < -0.39 is 0 Å². The molecule has 6 heteroatoms. The number of carbonyl (C=O) groups excluding carboxylic acids is 1. The van der Waals surface area contributed by atoms with Crippen molar-refractivity contribution in [2.24, 2.45) is 0 Å². The minimum Gasteiger partial charge on any atom is -0.375 e. The number of methoxy groups -OCH3 is 1. The van der Waals surface area contributed by atoms with Crippen LogP contribution in [0.3, 0.4) is 0 Å². The Labute approximate surface area is 158 Å². The zero-order valence-electron chi connectivity index (χ0n) is 15.4. The number of nitrogens with zero attached hydrogens (tertiary/aromatic N) is 2. The molecule has 0 aromatic heterocycles. The second-order valence-corrected chi connectivity index (χ2v) is 6.81. The normalized spacial score (nSPS) is 15.7. The van der Waals surface area contributed by atoms with Gasteiger partial charge in [0.2, 0.25) is 0 Å². The largest absolute Gasteiger partial charge is 0.375 e. The molecular weight excluding hydrogens is 350 g/mol. The molecule has 0 unspecified atom stereocenters. The third kappa shape index (κ3) is 5.11. The van der Waals surface area contributed by atoms with E-state index in [0.29, 0.717) is 12.2 Å². The highest BCUT2D eigenvalue weighted by Gasteiger charge is 2.29. The van der Waals surface area contributed by atoms with Crippen LogP contribution in [0.1, 0.15) is 18.4 Å². The molecular formula is C21H24F2N2O2. The Hall–Kier alpha value is -2.31. The lowest BCUT2D eigenvalue weighted by molar-refractivity contribution is -0.122. The van der Waals surface area contributed by atoms with E-state index in [-0.39, 0.29) is 30.2 Å². The zero-order valence-corrected chi connectivity index (χ0v) is 15.4. The van der Waals surface area contributed by atoms with Gasteiger partial charge in [-0.1, -0.05) is 12.1 Å². The van der Waals surface area contributed by atoms with Crippen molar-refractivity contribution in [3.8, 4) is 0 Å². The summed E-state index contributed by atoms with van der Waals surface area (Å²) in [4.78, 5) is 16.6. The molecule has 0 radical (unpaired) electrons. The predicted molar refractivity (Wildman–Crippen MR) is 100 cm³/mol. The number of hydrogen-bond acceptors (Lipinski definition) is 3. The number of hydrogen-bond donors (Lipinski definition) is 0. The van der Waals surface area contributed by atoms with Crippen molar-refractivity contribution in [3.63, 3.8) is 0 Å². The Bertz CT molecular complexity index is 759. The summed E-state index contributed by atoms with van der Waals surface area (Å²) in [5.74, 6) is -0.689. The molecule has 2 aromatic rings. The fourth-order valence-corrected chi connectivity index (χ4v) is 3.58. The first kappa shape index (κ1) is 19.5. The van der Waals surface area contributed by atoms with E-state index in [1.54, 1.807) is 29.2 Å². The van der Waals surface area contributed by atoms with Crippen LogP contribution in [0, 0.1) is 11.6 Å². The monoisotopic (exact) mass is 374 g/mol. The van der Waals surface area contributed by atoms with E-state index in [2.05, 4.69) is 4.90 Å². The van der Waals surface area contributed by atoms with E-state index in [1.165, 1.54) is 25.3 Å². The van der Waals surface area contributed by atoms with Gasteiger partial charge in [-0.25, -0.2) is 8.78 Å². The molecule has 27 heavy (non-hydrogen) atoms. The van der Waals surface area contributed by atoms with Crippen LogP contribution in [0.25, 0.3) is 0 Å². The molecule has 144 valence electrons. The van der Waals surface area contributed by atoms with Gasteiger partial charge in [-0.15, -0.1) is 0 Å². The summed E-state index contributed by atoms with van der Waals surface area (Å²) in [6.45, 7) is 2.28. The van der Waals surface area contributed by atoms with Gasteiger partial charge in [-0.05, 0) is 54.8 Å². The molecule has 2 aromatic carbocycles. The number of ether oxygens (including phenoxy) is 1. The summed E-state index contributed by atoms with van der Waals surface area (Å²) < 4.78 is 31.7. The van der Waals surface area contributed by atoms with Crippen molar-refractivity contribution in [3.05, 3.63) is 65.7 Å². The van der Waals surface area contributed by atoms with Crippen LogP contribution in [-0.4, -0.2) is 43.7 Å². The zero-order chi connectivity index (χ0) is 19.2. The number of halogens is 2. The van der Waals surface area contributed by atoms with Crippen molar-refractivity contribution in [1.29, 1.82) is 0 Å². The van der Waals surface area contributed by atoms with Gasteiger partial charge < -0.3 is 9.64 Å². The molecule has 0 aliphatic carbocycles. The minimum atomic E-state index is -0.331. The van der Waals surface area contributed by atoms with Gasteiger partial charge in [0.1, 0.15) is 18.2 Å². The van der Waals surface area contributed by atoms with Crippen molar-refractivity contribution in [2.45, 2.75) is 25.4 Å². The number of anilines is 1. The van der Waals surface area contributed by atoms with Gasteiger partial charge in [0, 0.05) is 38.5 Å². The molecule has 1 amide bonds. The van der Waals surface area contributed by atoms with E-state index in [9.17, 15) is 13.6 Å². The summed E-state index contributed by atoms with van der Waals surface area (Å²) in [5, 5.41) is 0. The van der Waals surface area contributed by atoms with E-state index in [4.69, 9.17) is 4.74 Å². The van der Waals surface area contributed by atoms with Gasteiger partial charge in [-0.3, -0.25) is 9.69 Å². The first-order chi connectivity index (χ1) is 13.1. The highest BCUT2D eigenvalue weighted by molar-refractivity contribution is 5.94. The third-order valence-corrected chi connectivity index (χ3v) is 4.86. The molecule has 0 N–H and O–H groups in total. The molecule has 0 saturated carbocycles. The summed E-state index contributed by atoms with van der Waals surface area (Å²) in [6.07, 6.45) is 1.59. The Balaban J connectivity index is 1.66. The highest BCUT2D eigenvalue weighted by Crippen LogP contribution is 2.25. The first-order valence-corrected chi connectivity index (χ1v) is 9.10. The topological polar surface area (TPSA) is 32.8 Å². The second-order valence-electron chi connectivity index (χ2n) is 6.81. The number of benzene rings is 2. The van der Waals surface area contributed by atoms with Crippen LogP contribution >= 0.6 is 0 Å². The fraction of sp³-hybridized carbons (Fsp3) is 0.381. The number of likely N-dealkylation sites (tertiary alicyclic amines) is 1. The van der Waals surface area contributed by atoms with E-state index in [0.717, 1.165) is 31.5 Å². The third-order valence-electron chi connectivity index (χ3n) is 4.86. The lowest BCUT2D eigenvalue weighted by Crippen LogP contribution is -2.48. The fourth-order valence-electron chi connectivity index (χ4n) is 3.58. The molecule has 1 heterocycles. The summed E-state index contributed by atoms with van der Waals surface area (Å²) in [7, 11) is 1.49. The SMILES string of the molecule is COCC(=O)N(c1ccc(F)cc1)C1CCN(Cc2cccc(F)c2)CC1. The Morgan fingerprint density at radius 1 is 1.11 bits per heavy atom. The van der Waals surface area contributed by atoms with Gasteiger partial charge in [0.25, 0.3) is 5.91 Å². The molecule has 0 bridgehead atoms. The number of amides is 1. The van der Waals surface area contributed by atoms with Crippen molar-refractivity contribution >= 4 is 11.6 Å². The predicted octanol–water partition coefficient (Wildman–Crippen LogP) is 3.61. The van der Waals surface area contributed by atoms with Crippen LogP contribution < -0.4 is 4.90 Å². The molecule has 1 aliphatic heterocycles. The van der Waals surface area contributed by atoms with Crippen LogP contribution in [0.4, 0.5) is 14.5 Å². The van der Waals surface area contributed by atoms with Gasteiger partial charge in [-0.2, -0.15) is 0 Å². The van der Waals surface area contributed by atoms with Crippen LogP contribution in [0.15, 0.2) is 48.5 Å². The van der Waals surface area contributed by atoms with Crippen molar-refractivity contribution < 1.29 is 18.3 Å². The minimum absolute atomic E-state index is 0.0130. The van der Waals surface area contributed by atoms with E-state index >= 15 is 0 Å². The number of piperidine rings is 1. The Morgan fingerprint density at radius 3 is 2.44 bits per heavy atom. The summed E-state index contributed by atoms with van der Waals surface area (Å²) in [5.41, 5.74) is 1.63. The Morgan fingerprint density at radius 2 is 1.81 bits per heavy atom. The molecule has 3 rings (SSSR count). The van der Waals surface area contributed by atoms with Crippen LogP contribution in [0.5, 0.6) is 0 Å². The second kappa shape index (κ2) is 9.06. The quantitative estimate of drug-likeness (QED) is 0.774. The van der Waals surface area contributed by atoms with Crippen LogP contribution in [-0.2, 0) is 16.1 Å². The average molecular weight is 374 g/mol. The van der Waals surface area contributed by atoms with Gasteiger partial charge >= 0.3 is 0 Å². The first-order valence-electron chi connectivity index (χ1n) is 9.10. The molecule has 4 nitrogen and oxygen atoms in total. The van der Waals surface area contributed by atoms with Crippen molar-refractivity contribution in [1.82, 2.24) is 4.90 Å². The summed E-state index contributed by atoms with van der Waals surface area (Å²) in [6, 6.07) is 12.6. The maximum Gasteiger partial charge on any atom is 0.253 e. The van der Waals surface area contributed by atoms with E-state index in [1.807, 2.05) is 6.07 Å². The lowest BCUT2D eigenvalue weighted by Gasteiger charge is -2.38. The highest BCUT2D eigenvalue weighted by atomic mass is 19.1. The molecule has 1 aliphatic rings. The lowest BCUT2D eigenvalue weighted by atomic mass is 10.0. The van der Waals surface area contributed by atoms with Gasteiger partial charge in [0.05, 0.1) is 0 Å². The van der Waals surface area contributed by atoms with Gasteiger partial charge in [0.15, 0.2) is 0 Å². The Kier molecular flexibility index (Phi) is 6.53. The maximum atomic E-state index is 13.4.